The van der Waals surface area contributed by atoms with Crippen LogP contribution in [-0.4, -0.2) is 58.3 Å². The highest BCUT2D eigenvalue weighted by Crippen LogP contribution is 2.21. The Bertz CT molecular complexity index is 723. The van der Waals surface area contributed by atoms with Gasteiger partial charge in [-0.1, -0.05) is 0 Å². The van der Waals surface area contributed by atoms with Crippen molar-refractivity contribution in [3.63, 3.8) is 0 Å². The lowest BCUT2D eigenvalue weighted by molar-refractivity contribution is 0.0792. The van der Waals surface area contributed by atoms with Crippen molar-refractivity contribution in [2.24, 2.45) is 0 Å². The monoisotopic (exact) mass is 353 g/mol. The van der Waals surface area contributed by atoms with Crippen LogP contribution in [0.4, 0.5) is 5.82 Å². The van der Waals surface area contributed by atoms with Crippen molar-refractivity contribution in [2.75, 3.05) is 31.1 Å². The van der Waals surface area contributed by atoms with E-state index < -0.39 is 0 Å². The predicted octanol–water partition coefficient (Wildman–Crippen LogP) is 2.16. The lowest BCUT2D eigenvalue weighted by Gasteiger charge is -2.32. The number of ether oxygens (including phenoxy) is 1. The molecule has 2 fully saturated rings. The molecule has 0 bridgehead atoms. The van der Waals surface area contributed by atoms with E-state index in [1.165, 1.54) is 0 Å². The molecule has 0 unspecified atom stereocenters. The molecule has 136 valence electrons. The Hall–Kier alpha value is -2.70. The maximum atomic E-state index is 12.4. The van der Waals surface area contributed by atoms with Crippen molar-refractivity contribution in [3.05, 3.63) is 42.2 Å². The van der Waals surface area contributed by atoms with Crippen LogP contribution in [0.2, 0.25) is 0 Å². The fraction of sp³-hybridized carbons (Fsp3) is 0.474. The maximum absolute atomic E-state index is 12.4. The number of carbonyl (C=O) groups is 1. The zero-order valence-electron chi connectivity index (χ0n) is 14.8. The summed E-state index contributed by atoms with van der Waals surface area (Å²) in [6.07, 6.45) is 7.52. The quantitative estimate of drug-likeness (QED) is 0.839. The van der Waals surface area contributed by atoms with Crippen molar-refractivity contribution in [3.8, 4) is 5.88 Å². The van der Waals surface area contributed by atoms with Gasteiger partial charge in [0.2, 0.25) is 5.88 Å². The van der Waals surface area contributed by atoms with Gasteiger partial charge in [0.15, 0.2) is 0 Å². The number of rotatable bonds is 4. The molecule has 4 rings (SSSR count). The summed E-state index contributed by atoms with van der Waals surface area (Å²) in [6, 6.07) is 7.50. The summed E-state index contributed by atoms with van der Waals surface area (Å²) in [5.74, 6) is 1.59. The molecule has 0 radical (unpaired) electrons. The second kappa shape index (κ2) is 7.68. The SMILES string of the molecule is O=C(c1ccc(N2CCC(Oc3cccnn3)CC2)nc1)N1CCCC1. The molecule has 0 N–H and O–H groups in total. The zero-order valence-corrected chi connectivity index (χ0v) is 14.8. The minimum atomic E-state index is 0.0950. The molecule has 2 aliphatic heterocycles. The summed E-state index contributed by atoms with van der Waals surface area (Å²) in [5.41, 5.74) is 0.677. The Balaban J connectivity index is 1.32. The topological polar surface area (TPSA) is 71.5 Å². The third kappa shape index (κ3) is 3.76. The zero-order chi connectivity index (χ0) is 17.8. The fourth-order valence-electron chi connectivity index (χ4n) is 3.53. The van der Waals surface area contributed by atoms with E-state index in [2.05, 4.69) is 20.1 Å². The minimum Gasteiger partial charge on any atom is -0.473 e. The van der Waals surface area contributed by atoms with Crippen molar-refractivity contribution in [1.29, 1.82) is 0 Å². The summed E-state index contributed by atoms with van der Waals surface area (Å²) in [4.78, 5) is 21.1. The number of carbonyl (C=O) groups excluding carboxylic acids is 1. The number of aromatic nitrogens is 3. The highest BCUT2D eigenvalue weighted by molar-refractivity contribution is 5.94. The second-order valence-electron chi connectivity index (χ2n) is 6.77. The molecule has 2 aromatic heterocycles. The van der Waals surface area contributed by atoms with Crippen molar-refractivity contribution in [1.82, 2.24) is 20.1 Å². The number of nitrogens with zero attached hydrogens (tertiary/aromatic N) is 5. The van der Waals surface area contributed by atoms with E-state index in [9.17, 15) is 4.79 Å². The maximum Gasteiger partial charge on any atom is 0.255 e. The Morgan fingerprint density at radius 1 is 1.08 bits per heavy atom. The number of anilines is 1. The van der Waals surface area contributed by atoms with Gasteiger partial charge in [-0.15, -0.1) is 5.10 Å². The van der Waals surface area contributed by atoms with Gasteiger partial charge in [0, 0.05) is 57.5 Å². The highest BCUT2D eigenvalue weighted by atomic mass is 16.5. The minimum absolute atomic E-state index is 0.0950. The number of likely N-dealkylation sites (tertiary alicyclic amines) is 1. The van der Waals surface area contributed by atoms with E-state index in [1.807, 2.05) is 29.2 Å². The standard InChI is InChI=1S/C19H23N5O2/c25-19(24-10-1-2-11-24)15-5-6-17(20-14-15)23-12-7-16(8-13-23)26-18-4-3-9-21-22-18/h3-6,9,14,16H,1-2,7-8,10-13H2. The number of amides is 1. The molecule has 0 aliphatic carbocycles. The lowest BCUT2D eigenvalue weighted by Crippen LogP contribution is -2.38. The molecular formula is C19H23N5O2. The van der Waals surface area contributed by atoms with E-state index >= 15 is 0 Å². The number of pyridine rings is 1. The smallest absolute Gasteiger partial charge is 0.255 e. The molecule has 2 aliphatic rings. The average Bonchev–Trinajstić information content (AvgIpc) is 3.24. The Morgan fingerprint density at radius 3 is 2.54 bits per heavy atom. The Kier molecular flexibility index (Phi) is 4.95. The normalized spacial score (nSPS) is 18.2. The molecule has 0 saturated carbocycles. The van der Waals surface area contributed by atoms with Gasteiger partial charge in [0.05, 0.1) is 5.56 Å². The van der Waals surface area contributed by atoms with Crippen LogP contribution in [0.25, 0.3) is 0 Å². The van der Waals surface area contributed by atoms with E-state index in [0.717, 1.165) is 57.7 Å². The van der Waals surface area contributed by atoms with Crippen LogP contribution in [0.5, 0.6) is 5.88 Å². The molecular weight excluding hydrogens is 330 g/mol. The largest absolute Gasteiger partial charge is 0.473 e. The predicted molar refractivity (Wildman–Crippen MR) is 97.3 cm³/mol. The van der Waals surface area contributed by atoms with Crippen molar-refractivity contribution < 1.29 is 9.53 Å². The molecule has 2 saturated heterocycles. The molecule has 0 atom stereocenters. The first kappa shape index (κ1) is 16.8. The van der Waals surface area contributed by atoms with Crippen LogP contribution >= 0.6 is 0 Å². The molecule has 4 heterocycles. The molecule has 1 amide bonds. The third-order valence-corrected chi connectivity index (χ3v) is 4.99. The first-order chi connectivity index (χ1) is 12.8. The second-order valence-corrected chi connectivity index (χ2v) is 6.77. The summed E-state index contributed by atoms with van der Waals surface area (Å²) < 4.78 is 5.88. The van der Waals surface area contributed by atoms with Gasteiger partial charge < -0.3 is 14.5 Å². The van der Waals surface area contributed by atoms with Crippen LogP contribution in [0.3, 0.4) is 0 Å². The highest BCUT2D eigenvalue weighted by Gasteiger charge is 2.23. The first-order valence-corrected chi connectivity index (χ1v) is 9.24. The van der Waals surface area contributed by atoms with Crippen molar-refractivity contribution >= 4 is 11.7 Å². The van der Waals surface area contributed by atoms with E-state index in [1.54, 1.807) is 12.4 Å². The summed E-state index contributed by atoms with van der Waals surface area (Å²) in [6.45, 7) is 3.47. The number of hydrogen-bond donors (Lipinski definition) is 0. The molecule has 2 aromatic rings. The molecule has 0 aromatic carbocycles. The van der Waals surface area contributed by atoms with Gasteiger partial charge in [-0.3, -0.25) is 4.79 Å². The molecule has 7 nitrogen and oxygen atoms in total. The van der Waals surface area contributed by atoms with E-state index in [-0.39, 0.29) is 12.0 Å². The lowest BCUT2D eigenvalue weighted by atomic mass is 10.1. The van der Waals surface area contributed by atoms with E-state index in [4.69, 9.17) is 4.74 Å². The van der Waals surface area contributed by atoms with Crippen LogP contribution in [0.15, 0.2) is 36.7 Å². The average molecular weight is 353 g/mol. The molecule has 26 heavy (non-hydrogen) atoms. The van der Waals surface area contributed by atoms with Crippen LogP contribution in [0, 0.1) is 0 Å². The van der Waals surface area contributed by atoms with Gasteiger partial charge in [0.1, 0.15) is 11.9 Å². The van der Waals surface area contributed by atoms with E-state index in [0.29, 0.717) is 11.4 Å². The number of hydrogen-bond acceptors (Lipinski definition) is 6. The van der Waals surface area contributed by atoms with Crippen LogP contribution < -0.4 is 9.64 Å². The van der Waals surface area contributed by atoms with Crippen molar-refractivity contribution in [2.45, 2.75) is 31.8 Å². The summed E-state index contributed by atoms with van der Waals surface area (Å²) in [5, 5.41) is 7.81. The van der Waals surface area contributed by atoms with Gasteiger partial charge in [-0.05, 0) is 31.0 Å². The summed E-state index contributed by atoms with van der Waals surface area (Å²) in [7, 11) is 0. The van der Waals surface area contributed by atoms with Gasteiger partial charge in [-0.25, -0.2) is 4.98 Å². The van der Waals surface area contributed by atoms with Crippen LogP contribution in [-0.2, 0) is 0 Å². The van der Waals surface area contributed by atoms with Crippen LogP contribution in [0.1, 0.15) is 36.0 Å². The van der Waals surface area contributed by atoms with Gasteiger partial charge >= 0.3 is 0 Å². The summed E-state index contributed by atoms with van der Waals surface area (Å²) >= 11 is 0. The van der Waals surface area contributed by atoms with Gasteiger partial charge in [-0.2, -0.15) is 5.10 Å². The Labute approximate surface area is 153 Å². The first-order valence-electron chi connectivity index (χ1n) is 9.24. The van der Waals surface area contributed by atoms with Gasteiger partial charge in [0.25, 0.3) is 5.91 Å². The third-order valence-electron chi connectivity index (χ3n) is 4.99. The fourth-order valence-corrected chi connectivity index (χ4v) is 3.53. The molecule has 0 spiro atoms. The molecule has 7 heteroatoms. The number of piperidine rings is 1. The Morgan fingerprint density at radius 2 is 1.88 bits per heavy atom.